The molecule has 0 aromatic heterocycles. The molecule has 0 aliphatic heterocycles. The third kappa shape index (κ3) is 4.10. The SMILES string of the molecule is CC(C)/C(=N/[S+]([O-])C(C)(C)C)c1cccc(F)c1. The van der Waals surface area contributed by atoms with Crippen LogP contribution in [0.3, 0.4) is 0 Å². The van der Waals surface area contributed by atoms with Gasteiger partial charge in [0.1, 0.15) is 27.6 Å². The molecule has 0 saturated carbocycles. The van der Waals surface area contributed by atoms with Gasteiger partial charge in [-0.25, -0.2) is 4.39 Å². The van der Waals surface area contributed by atoms with Gasteiger partial charge in [-0.05, 0) is 32.9 Å². The molecule has 0 aliphatic rings. The largest absolute Gasteiger partial charge is 0.591 e. The van der Waals surface area contributed by atoms with E-state index in [1.165, 1.54) is 12.1 Å². The van der Waals surface area contributed by atoms with E-state index in [0.29, 0.717) is 11.3 Å². The molecular formula is C14H20FNOS. The molecule has 0 bridgehead atoms. The van der Waals surface area contributed by atoms with Crippen LogP contribution in [0.4, 0.5) is 4.39 Å². The lowest BCUT2D eigenvalue weighted by Crippen LogP contribution is -2.28. The van der Waals surface area contributed by atoms with Crippen molar-refractivity contribution in [1.82, 2.24) is 0 Å². The Kier molecular flexibility index (Phi) is 4.93. The maximum atomic E-state index is 13.2. The smallest absolute Gasteiger partial charge is 0.144 e. The van der Waals surface area contributed by atoms with Gasteiger partial charge in [-0.15, -0.1) is 0 Å². The molecule has 0 spiro atoms. The summed E-state index contributed by atoms with van der Waals surface area (Å²) in [7, 11) is 0. The molecule has 100 valence electrons. The van der Waals surface area contributed by atoms with Crippen LogP contribution in [-0.4, -0.2) is 15.0 Å². The van der Waals surface area contributed by atoms with Gasteiger partial charge in [0, 0.05) is 11.5 Å². The van der Waals surface area contributed by atoms with Crippen molar-refractivity contribution in [2.75, 3.05) is 0 Å². The molecule has 0 fully saturated rings. The van der Waals surface area contributed by atoms with Gasteiger partial charge in [0.2, 0.25) is 0 Å². The highest BCUT2D eigenvalue weighted by Crippen LogP contribution is 2.20. The average molecular weight is 269 g/mol. The predicted octanol–water partition coefficient (Wildman–Crippen LogP) is 3.73. The fourth-order valence-electron chi connectivity index (χ4n) is 1.37. The molecule has 0 N–H and O–H groups in total. The van der Waals surface area contributed by atoms with E-state index >= 15 is 0 Å². The second kappa shape index (κ2) is 5.85. The van der Waals surface area contributed by atoms with Gasteiger partial charge in [0.25, 0.3) is 0 Å². The Labute approximate surface area is 112 Å². The van der Waals surface area contributed by atoms with Gasteiger partial charge in [0.15, 0.2) is 0 Å². The van der Waals surface area contributed by atoms with Crippen molar-refractivity contribution in [2.45, 2.75) is 39.4 Å². The number of nitrogens with zero attached hydrogens (tertiary/aromatic N) is 1. The maximum absolute atomic E-state index is 13.2. The van der Waals surface area contributed by atoms with Gasteiger partial charge < -0.3 is 4.55 Å². The number of benzene rings is 1. The molecule has 0 aliphatic carbocycles. The Balaban J connectivity index is 3.15. The van der Waals surface area contributed by atoms with E-state index in [9.17, 15) is 8.94 Å². The highest BCUT2D eigenvalue weighted by Gasteiger charge is 2.28. The quantitative estimate of drug-likeness (QED) is 0.608. The highest BCUT2D eigenvalue weighted by atomic mass is 32.2. The first-order valence-corrected chi connectivity index (χ1v) is 7.09. The molecule has 0 radical (unpaired) electrons. The van der Waals surface area contributed by atoms with Crippen LogP contribution < -0.4 is 0 Å². The molecule has 1 atom stereocenters. The number of hydrogen-bond acceptors (Lipinski definition) is 2. The normalized spacial score (nSPS) is 15.0. The first-order chi connectivity index (χ1) is 8.21. The summed E-state index contributed by atoms with van der Waals surface area (Å²) in [6.07, 6.45) is 0. The Morgan fingerprint density at radius 2 is 1.94 bits per heavy atom. The average Bonchev–Trinajstić information content (AvgIpc) is 2.23. The third-order valence-electron chi connectivity index (χ3n) is 2.37. The van der Waals surface area contributed by atoms with Crippen LogP contribution in [-0.2, 0) is 11.4 Å². The van der Waals surface area contributed by atoms with E-state index in [0.717, 1.165) is 0 Å². The molecule has 1 unspecified atom stereocenters. The molecule has 1 aromatic carbocycles. The fraction of sp³-hybridized carbons (Fsp3) is 0.500. The molecule has 1 rings (SSSR count). The van der Waals surface area contributed by atoms with Crippen molar-refractivity contribution in [2.24, 2.45) is 10.3 Å². The van der Waals surface area contributed by atoms with Crippen LogP contribution >= 0.6 is 0 Å². The fourth-order valence-corrected chi connectivity index (χ4v) is 2.13. The lowest BCUT2D eigenvalue weighted by Gasteiger charge is -2.20. The van der Waals surface area contributed by atoms with Crippen LogP contribution in [0.15, 0.2) is 28.7 Å². The third-order valence-corrected chi connectivity index (χ3v) is 3.78. The van der Waals surface area contributed by atoms with Crippen LogP contribution in [0.2, 0.25) is 0 Å². The topological polar surface area (TPSA) is 35.4 Å². The Morgan fingerprint density at radius 3 is 2.39 bits per heavy atom. The van der Waals surface area contributed by atoms with Crippen molar-refractivity contribution >= 4 is 17.1 Å². The van der Waals surface area contributed by atoms with Crippen LogP contribution in [0.25, 0.3) is 0 Å². The van der Waals surface area contributed by atoms with Crippen molar-refractivity contribution in [3.63, 3.8) is 0 Å². The standard InChI is InChI=1S/C14H20FNOS/c1-10(2)13(16-18(17)14(3,4)5)11-7-6-8-12(15)9-11/h6-10H,1-5H3/b16-13-. The minimum atomic E-state index is -1.33. The molecule has 4 heteroatoms. The predicted molar refractivity (Wildman–Crippen MR) is 75.7 cm³/mol. The summed E-state index contributed by atoms with van der Waals surface area (Å²) in [4.78, 5) is 0. The molecule has 18 heavy (non-hydrogen) atoms. The van der Waals surface area contributed by atoms with Crippen molar-refractivity contribution in [1.29, 1.82) is 0 Å². The van der Waals surface area contributed by atoms with Gasteiger partial charge in [-0.2, -0.15) is 0 Å². The van der Waals surface area contributed by atoms with Gasteiger partial charge in [-0.1, -0.05) is 30.4 Å². The van der Waals surface area contributed by atoms with E-state index in [2.05, 4.69) is 4.40 Å². The summed E-state index contributed by atoms with van der Waals surface area (Å²) in [5, 5.41) is 0. The van der Waals surface area contributed by atoms with E-state index in [4.69, 9.17) is 0 Å². The minimum Gasteiger partial charge on any atom is -0.591 e. The van der Waals surface area contributed by atoms with E-state index in [1.807, 2.05) is 34.6 Å². The molecular weight excluding hydrogens is 249 g/mol. The molecule has 2 nitrogen and oxygen atoms in total. The van der Waals surface area contributed by atoms with E-state index in [1.54, 1.807) is 12.1 Å². The summed E-state index contributed by atoms with van der Waals surface area (Å²) in [5.74, 6) is -0.208. The summed E-state index contributed by atoms with van der Waals surface area (Å²) < 4.78 is 29.2. The maximum Gasteiger partial charge on any atom is 0.144 e. The van der Waals surface area contributed by atoms with Crippen LogP contribution in [0.5, 0.6) is 0 Å². The zero-order valence-corrected chi connectivity index (χ0v) is 12.3. The van der Waals surface area contributed by atoms with E-state index < -0.39 is 16.1 Å². The van der Waals surface area contributed by atoms with Gasteiger partial charge in [0.05, 0.1) is 0 Å². The first-order valence-electron chi connectivity index (χ1n) is 5.98. The Morgan fingerprint density at radius 1 is 1.33 bits per heavy atom. The Bertz CT molecular complexity index is 438. The van der Waals surface area contributed by atoms with Gasteiger partial charge in [-0.3, -0.25) is 0 Å². The monoisotopic (exact) mass is 269 g/mol. The van der Waals surface area contributed by atoms with Crippen molar-refractivity contribution in [3.05, 3.63) is 35.6 Å². The summed E-state index contributed by atoms with van der Waals surface area (Å²) in [5.41, 5.74) is 1.38. The lowest BCUT2D eigenvalue weighted by atomic mass is 10.0. The van der Waals surface area contributed by atoms with Gasteiger partial charge >= 0.3 is 0 Å². The number of rotatable bonds is 3. The summed E-state index contributed by atoms with van der Waals surface area (Å²) in [6, 6.07) is 6.26. The number of halogens is 1. The summed E-state index contributed by atoms with van der Waals surface area (Å²) in [6.45, 7) is 9.54. The second-order valence-electron chi connectivity index (χ2n) is 5.50. The number of hydrogen-bond donors (Lipinski definition) is 0. The second-order valence-corrected chi connectivity index (χ2v) is 7.41. The Hall–Kier alpha value is -0.870. The van der Waals surface area contributed by atoms with Crippen LogP contribution in [0.1, 0.15) is 40.2 Å². The zero-order chi connectivity index (χ0) is 13.9. The molecule has 0 saturated heterocycles. The molecule has 1 aromatic rings. The summed E-state index contributed by atoms with van der Waals surface area (Å²) >= 11 is -1.33. The minimum absolute atomic E-state index is 0.0955. The molecule has 0 heterocycles. The molecule has 0 amide bonds. The highest BCUT2D eigenvalue weighted by molar-refractivity contribution is 7.91. The zero-order valence-electron chi connectivity index (χ0n) is 11.5. The van der Waals surface area contributed by atoms with Crippen LogP contribution in [0, 0.1) is 11.7 Å². The lowest BCUT2D eigenvalue weighted by molar-refractivity contribution is 0.561. The first kappa shape index (κ1) is 15.2. The van der Waals surface area contributed by atoms with E-state index in [-0.39, 0.29) is 11.7 Å². The van der Waals surface area contributed by atoms with Crippen molar-refractivity contribution < 1.29 is 8.94 Å². The van der Waals surface area contributed by atoms with Crippen molar-refractivity contribution in [3.8, 4) is 0 Å².